The maximum absolute atomic E-state index is 13.7. The zero-order valence-corrected chi connectivity index (χ0v) is 22.1. The third-order valence-electron chi connectivity index (χ3n) is 5.85. The van der Waals surface area contributed by atoms with Gasteiger partial charge in [0.15, 0.2) is 0 Å². The van der Waals surface area contributed by atoms with Crippen molar-refractivity contribution in [2.45, 2.75) is 52.6 Å². The molecule has 0 aliphatic heterocycles. The highest BCUT2D eigenvalue weighted by Crippen LogP contribution is 2.29. The molecule has 0 aromatic heterocycles. The first-order valence-electron chi connectivity index (χ1n) is 11.9. The third kappa shape index (κ3) is 7.71. The molecule has 0 bridgehead atoms. The molecule has 8 nitrogen and oxygen atoms in total. The van der Waals surface area contributed by atoms with Gasteiger partial charge >= 0.3 is 0 Å². The number of aryl methyl sites for hydroxylation is 1. The van der Waals surface area contributed by atoms with E-state index in [2.05, 4.69) is 5.32 Å². The summed E-state index contributed by atoms with van der Waals surface area (Å²) in [6, 6.07) is 13.5. The van der Waals surface area contributed by atoms with Crippen LogP contribution in [0.1, 0.15) is 44.2 Å². The minimum absolute atomic E-state index is 0.189. The molecule has 2 aromatic carbocycles. The molecule has 35 heavy (non-hydrogen) atoms. The summed E-state index contributed by atoms with van der Waals surface area (Å²) < 4.78 is 31.8. The maximum Gasteiger partial charge on any atom is 0.244 e. The number of sulfonamides is 1. The highest BCUT2D eigenvalue weighted by atomic mass is 32.2. The predicted molar refractivity (Wildman–Crippen MR) is 139 cm³/mol. The molecular weight excluding hydrogens is 466 g/mol. The van der Waals surface area contributed by atoms with Crippen molar-refractivity contribution in [2.24, 2.45) is 0 Å². The predicted octanol–water partition coefficient (Wildman–Crippen LogP) is 3.49. The molecule has 0 aliphatic rings. The smallest absolute Gasteiger partial charge is 0.244 e. The molecular formula is C26H37N3O5S. The van der Waals surface area contributed by atoms with E-state index in [0.29, 0.717) is 18.7 Å². The lowest BCUT2D eigenvalue weighted by Crippen LogP contribution is -2.52. The standard InChI is InChI=1S/C26H37N3O5S/c1-6-8-17-27-26(31)22(7-2)28(18-21-14-10-9-13-20(21)3)25(30)19-29(35(5,32)33)23-15-11-12-16-24(23)34-4/h9-16,22H,6-8,17-19H2,1-5H3,(H,27,31). The first-order valence-corrected chi connectivity index (χ1v) is 13.7. The summed E-state index contributed by atoms with van der Waals surface area (Å²) in [5.74, 6) is -0.381. The van der Waals surface area contributed by atoms with Gasteiger partial charge in [-0.15, -0.1) is 0 Å². The van der Waals surface area contributed by atoms with Gasteiger partial charge in [-0.25, -0.2) is 8.42 Å². The maximum atomic E-state index is 13.7. The molecule has 2 aromatic rings. The van der Waals surface area contributed by atoms with E-state index in [1.165, 1.54) is 12.0 Å². The zero-order chi connectivity index (χ0) is 26.0. The fourth-order valence-corrected chi connectivity index (χ4v) is 4.68. The molecule has 0 saturated heterocycles. The van der Waals surface area contributed by atoms with Crippen LogP contribution in [0.4, 0.5) is 5.69 Å². The Balaban J connectivity index is 2.45. The summed E-state index contributed by atoms with van der Waals surface area (Å²) in [7, 11) is -2.38. The van der Waals surface area contributed by atoms with Crippen LogP contribution in [0, 0.1) is 6.92 Å². The number of nitrogens with zero attached hydrogens (tertiary/aromatic N) is 2. The van der Waals surface area contributed by atoms with E-state index in [1.54, 1.807) is 24.3 Å². The Kier molecular flexibility index (Phi) is 10.6. The van der Waals surface area contributed by atoms with Gasteiger partial charge in [0.25, 0.3) is 0 Å². The van der Waals surface area contributed by atoms with Crippen LogP contribution < -0.4 is 14.4 Å². The molecule has 0 spiro atoms. The van der Waals surface area contributed by atoms with Crippen molar-refractivity contribution in [3.8, 4) is 5.75 Å². The van der Waals surface area contributed by atoms with Gasteiger partial charge in [0.2, 0.25) is 21.8 Å². The Morgan fingerprint density at radius 3 is 2.31 bits per heavy atom. The molecule has 0 aliphatic carbocycles. The molecule has 2 rings (SSSR count). The average molecular weight is 504 g/mol. The van der Waals surface area contributed by atoms with Crippen molar-refractivity contribution in [2.75, 3.05) is 30.8 Å². The lowest BCUT2D eigenvalue weighted by Gasteiger charge is -2.33. The summed E-state index contributed by atoms with van der Waals surface area (Å²) in [5.41, 5.74) is 2.14. The van der Waals surface area contributed by atoms with Crippen LogP contribution in [0.25, 0.3) is 0 Å². The first-order chi connectivity index (χ1) is 16.6. The Hall–Kier alpha value is -3.07. The number of carbonyl (C=O) groups excluding carboxylic acids is 2. The average Bonchev–Trinajstić information content (AvgIpc) is 2.82. The van der Waals surface area contributed by atoms with Crippen molar-refractivity contribution in [3.05, 3.63) is 59.7 Å². The minimum atomic E-state index is -3.83. The number of rotatable bonds is 13. The molecule has 0 fully saturated rings. The third-order valence-corrected chi connectivity index (χ3v) is 6.98. The van der Waals surface area contributed by atoms with E-state index in [0.717, 1.165) is 34.5 Å². The summed E-state index contributed by atoms with van der Waals surface area (Å²) in [6.45, 7) is 6.08. The monoisotopic (exact) mass is 503 g/mol. The quantitative estimate of drug-likeness (QED) is 0.422. The zero-order valence-electron chi connectivity index (χ0n) is 21.3. The van der Waals surface area contributed by atoms with Gasteiger partial charge in [-0.05, 0) is 43.0 Å². The van der Waals surface area contributed by atoms with Gasteiger partial charge < -0.3 is 15.0 Å². The second kappa shape index (κ2) is 13.1. The highest BCUT2D eigenvalue weighted by molar-refractivity contribution is 7.92. The lowest BCUT2D eigenvalue weighted by atomic mass is 10.1. The van der Waals surface area contributed by atoms with Gasteiger partial charge in [-0.2, -0.15) is 0 Å². The van der Waals surface area contributed by atoms with Crippen LogP contribution in [0.15, 0.2) is 48.5 Å². The highest BCUT2D eigenvalue weighted by Gasteiger charge is 2.32. The number of hydrogen-bond donors (Lipinski definition) is 1. The Labute approximate surface area is 209 Å². The second-order valence-corrected chi connectivity index (χ2v) is 10.4. The number of benzene rings is 2. The van der Waals surface area contributed by atoms with E-state index in [1.807, 2.05) is 45.0 Å². The molecule has 192 valence electrons. The molecule has 1 atom stereocenters. The number of methoxy groups -OCH3 is 1. The molecule has 1 unspecified atom stereocenters. The van der Waals surface area contributed by atoms with Crippen molar-refractivity contribution in [1.82, 2.24) is 10.2 Å². The van der Waals surface area contributed by atoms with Gasteiger partial charge in [-0.1, -0.05) is 56.7 Å². The summed E-state index contributed by atoms with van der Waals surface area (Å²) in [6.07, 6.45) is 3.21. The van der Waals surface area contributed by atoms with E-state index < -0.39 is 28.5 Å². The van der Waals surface area contributed by atoms with Crippen molar-refractivity contribution in [3.63, 3.8) is 0 Å². The van der Waals surface area contributed by atoms with Gasteiger partial charge in [0.05, 0.1) is 19.1 Å². The van der Waals surface area contributed by atoms with Gasteiger partial charge in [0, 0.05) is 13.1 Å². The SMILES string of the molecule is CCCCNC(=O)C(CC)N(Cc1ccccc1C)C(=O)CN(c1ccccc1OC)S(C)(=O)=O. The van der Waals surface area contributed by atoms with E-state index in [9.17, 15) is 18.0 Å². The number of unbranched alkanes of at least 4 members (excludes halogenated alkanes) is 1. The molecule has 0 saturated carbocycles. The molecule has 2 amide bonds. The van der Waals surface area contributed by atoms with Crippen molar-refractivity contribution >= 4 is 27.5 Å². The van der Waals surface area contributed by atoms with E-state index in [4.69, 9.17) is 4.74 Å². The number of nitrogens with one attached hydrogen (secondary N) is 1. The molecule has 0 radical (unpaired) electrons. The van der Waals surface area contributed by atoms with Crippen LogP contribution in [-0.2, 0) is 26.2 Å². The fourth-order valence-electron chi connectivity index (χ4n) is 3.83. The summed E-state index contributed by atoms with van der Waals surface area (Å²) in [4.78, 5) is 28.3. The number of para-hydroxylation sites is 2. The largest absolute Gasteiger partial charge is 0.495 e. The number of carbonyl (C=O) groups is 2. The van der Waals surface area contributed by atoms with Crippen LogP contribution in [0.3, 0.4) is 0 Å². The van der Waals surface area contributed by atoms with Crippen molar-refractivity contribution in [1.29, 1.82) is 0 Å². The number of hydrogen-bond acceptors (Lipinski definition) is 5. The molecule has 0 heterocycles. The Morgan fingerprint density at radius 1 is 1.06 bits per heavy atom. The number of ether oxygens (including phenoxy) is 1. The van der Waals surface area contributed by atoms with Crippen LogP contribution in [0.2, 0.25) is 0 Å². The van der Waals surface area contributed by atoms with E-state index in [-0.39, 0.29) is 18.1 Å². The van der Waals surface area contributed by atoms with Gasteiger partial charge in [0.1, 0.15) is 18.3 Å². The summed E-state index contributed by atoms with van der Waals surface area (Å²) >= 11 is 0. The van der Waals surface area contributed by atoms with Crippen molar-refractivity contribution < 1.29 is 22.7 Å². The van der Waals surface area contributed by atoms with Crippen LogP contribution in [0.5, 0.6) is 5.75 Å². The normalized spacial score (nSPS) is 12.0. The van der Waals surface area contributed by atoms with E-state index >= 15 is 0 Å². The Bertz CT molecular complexity index is 1100. The molecule has 1 N–H and O–H groups in total. The van der Waals surface area contributed by atoms with Gasteiger partial charge in [-0.3, -0.25) is 13.9 Å². The minimum Gasteiger partial charge on any atom is -0.495 e. The number of anilines is 1. The topological polar surface area (TPSA) is 96.0 Å². The van der Waals surface area contributed by atoms with Crippen LogP contribution in [-0.4, -0.2) is 57.6 Å². The fraction of sp³-hybridized carbons (Fsp3) is 0.462. The summed E-state index contributed by atoms with van der Waals surface area (Å²) in [5, 5.41) is 2.92. The second-order valence-electron chi connectivity index (χ2n) is 8.46. The molecule has 9 heteroatoms. The van der Waals surface area contributed by atoms with Crippen LogP contribution >= 0.6 is 0 Å². The first kappa shape index (κ1) is 28.2. The lowest BCUT2D eigenvalue weighted by molar-refractivity contribution is -0.140. The Morgan fingerprint density at radius 2 is 1.71 bits per heavy atom. The number of amides is 2.